The number of carboxylic acids is 1. The molecule has 1 aliphatic carbocycles. The fraction of sp³-hybridized carbons (Fsp3) is 0.600. The lowest BCUT2D eigenvalue weighted by molar-refractivity contribution is -0.138. The van der Waals surface area contributed by atoms with E-state index in [2.05, 4.69) is 4.98 Å². The number of aliphatic carboxylic acids is 1. The van der Waals surface area contributed by atoms with Gasteiger partial charge in [-0.05, 0) is 18.8 Å². The van der Waals surface area contributed by atoms with E-state index in [1.54, 1.807) is 17.0 Å². The Labute approximate surface area is 86.7 Å². The molecule has 0 amide bonds. The molecule has 15 heavy (non-hydrogen) atoms. The van der Waals surface area contributed by atoms with Crippen LogP contribution in [0.25, 0.3) is 0 Å². The SMILES string of the molecule is O=C(O)CC1CCCC1n1cc[nH]c1=O. The predicted octanol–water partition coefficient (Wildman–Crippen LogP) is 0.992. The smallest absolute Gasteiger partial charge is 0.325 e. The summed E-state index contributed by atoms with van der Waals surface area (Å²) in [6.45, 7) is 0. The molecule has 1 saturated carbocycles. The Kier molecular flexibility index (Phi) is 2.62. The molecule has 1 heterocycles. The second kappa shape index (κ2) is 3.92. The van der Waals surface area contributed by atoms with Crippen molar-refractivity contribution >= 4 is 5.97 Å². The molecule has 5 nitrogen and oxygen atoms in total. The van der Waals surface area contributed by atoms with Crippen molar-refractivity contribution in [1.82, 2.24) is 9.55 Å². The third kappa shape index (κ3) is 1.95. The maximum atomic E-state index is 11.4. The topological polar surface area (TPSA) is 75.1 Å². The summed E-state index contributed by atoms with van der Waals surface area (Å²) in [5, 5.41) is 8.76. The van der Waals surface area contributed by atoms with Gasteiger partial charge in [0.05, 0.1) is 6.42 Å². The van der Waals surface area contributed by atoms with Crippen LogP contribution in [0.5, 0.6) is 0 Å². The summed E-state index contributed by atoms with van der Waals surface area (Å²) < 4.78 is 1.63. The number of H-pyrrole nitrogens is 1. The highest BCUT2D eigenvalue weighted by molar-refractivity contribution is 5.67. The molecule has 2 N–H and O–H groups in total. The molecule has 2 atom stereocenters. The van der Waals surface area contributed by atoms with Crippen molar-refractivity contribution in [1.29, 1.82) is 0 Å². The third-order valence-electron chi connectivity index (χ3n) is 3.09. The first-order valence-corrected chi connectivity index (χ1v) is 5.16. The Morgan fingerprint density at radius 3 is 3.00 bits per heavy atom. The van der Waals surface area contributed by atoms with Crippen LogP contribution in [-0.2, 0) is 4.79 Å². The first kappa shape index (κ1) is 10.0. The van der Waals surface area contributed by atoms with Gasteiger partial charge in [-0.3, -0.25) is 9.36 Å². The quantitative estimate of drug-likeness (QED) is 0.781. The summed E-state index contributed by atoms with van der Waals surface area (Å²) in [4.78, 5) is 24.6. The van der Waals surface area contributed by atoms with Crippen molar-refractivity contribution in [2.75, 3.05) is 0 Å². The van der Waals surface area contributed by atoms with E-state index >= 15 is 0 Å². The van der Waals surface area contributed by atoms with Crippen molar-refractivity contribution in [2.24, 2.45) is 5.92 Å². The van der Waals surface area contributed by atoms with Gasteiger partial charge in [-0.15, -0.1) is 0 Å². The second-order valence-corrected chi connectivity index (χ2v) is 4.03. The van der Waals surface area contributed by atoms with Crippen molar-refractivity contribution in [3.05, 3.63) is 22.9 Å². The van der Waals surface area contributed by atoms with E-state index in [9.17, 15) is 9.59 Å². The molecular weight excluding hydrogens is 196 g/mol. The molecule has 82 valence electrons. The number of aromatic amines is 1. The van der Waals surface area contributed by atoms with Gasteiger partial charge in [-0.2, -0.15) is 0 Å². The van der Waals surface area contributed by atoms with E-state index < -0.39 is 5.97 Å². The Hall–Kier alpha value is -1.52. The van der Waals surface area contributed by atoms with E-state index in [-0.39, 0.29) is 24.1 Å². The molecule has 2 rings (SSSR count). The summed E-state index contributed by atoms with van der Waals surface area (Å²) >= 11 is 0. The normalized spacial score (nSPS) is 25.6. The summed E-state index contributed by atoms with van der Waals surface area (Å²) in [6.07, 6.45) is 6.25. The number of rotatable bonds is 3. The van der Waals surface area contributed by atoms with Gasteiger partial charge in [0.15, 0.2) is 0 Å². The number of carbonyl (C=O) groups is 1. The Morgan fingerprint density at radius 1 is 1.60 bits per heavy atom. The third-order valence-corrected chi connectivity index (χ3v) is 3.09. The maximum absolute atomic E-state index is 11.4. The highest BCUT2D eigenvalue weighted by atomic mass is 16.4. The largest absolute Gasteiger partial charge is 0.481 e. The molecule has 0 spiro atoms. The highest BCUT2D eigenvalue weighted by Gasteiger charge is 2.30. The van der Waals surface area contributed by atoms with Crippen LogP contribution in [0, 0.1) is 5.92 Å². The molecule has 2 unspecified atom stereocenters. The summed E-state index contributed by atoms with van der Waals surface area (Å²) in [5.41, 5.74) is -0.141. The molecule has 0 saturated heterocycles. The summed E-state index contributed by atoms with van der Waals surface area (Å²) in [6, 6.07) is 0.0554. The highest BCUT2D eigenvalue weighted by Crippen LogP contribution is 2.36. The van der Waals surface area contributed by atoms with Crippen LogP contribution in [0.3, 0.4) is 0 Å². The molecule has 1 aromatic rings. The van der Waals surface area contributed by atoms with Crippen LogP contribution in [0.15, 0.2) is 17.2 Å². The van der Waals surface area contributed by atoms with Gasteiger partial charge in [0.25, 0.3) is 0 Å². The second-order valence-electron chi connectivity index (χ2n) is 4.03. The number of aromatic nitrogens is 2. The van der Waals surface area contributed by atoms with Crippen molar-refractivity contribution in [3.63, 3.8) is 0 Å². The molecule has 5 heteroatoms. The number of nitrogens with zero attached hydrogens (tertiary/aromatic N) is 1. The predicted molar refractivity (Wildman–Crippen MR) is 53.7 cm³/mol. The monoisotopic (exact) mass is 210 g/mol. The Bertz CT molecular complexity index is 407. The van der Waals surface area contributed by atoms with E-state index in [1.807, 2.05) is 0 Å². The van der Waals surface area contributed by atoms with Gasteiger partial charge in [0, 0.05) is 18.4 Å². The number of hydrogen-bond donors (Lipinski definition) is 2. The average molecular weight is 210 g/mol. The first-order chi connectivity index (χ1) is 7.18. The van der Waals surface area contributed by atoms with Gasteiger partial charge in [0.1, 0.15) is 0 Å². The zero-order valence-electron chi connectivity index (χ0n) is 8.35. The molecule has 0 aliphatic heterocycles. The molecule has 1 aliphatic rings. The zero-order valence-corrected chi connectivity index (χ0v) is 8.35. The Morgan fingerprint density at radius 2 is 2.40 bits per heavy atom. The van der Waals surface area contributed by atoms with Crippen LogP contribution < -0.4 is 5.69 Å². The summed E-state index contributed by atoms with van der Waals surface area (Å²) in [7, 11) is 0. The molecule has 0 aromatic carbocycles. The van der Waals surface area contributed by atoms with Gasteiger partial charge in [0.2, 0.25) is 0 Å². The van der Waals surface area contributed by atoms with Crippen LogP contribution >= 0.6 is 0 Å². The van der Waals surface area contributed by atoms with Gasteiger partial charge in [-0.25, -0.2) is 4.79 Å². The molecule has 0 bridgehead atoms. The minimum Gasteiger partial charge on any atom is -0.481 e. The standard InChI is InChI=1S/C10H14N2O3/c13-9(14)6-7-2-1-3-8(7)12-5-4-11-10(12)15/h4-5,7-8H,1-3,6H2,(H,11,15)(H,13,14). The van der Waals surface area contributed by atoms with Crippen molar-refractivity contribution in [3.8, 4) is 0 Å². The molecule has 0 radical (unpaired) electrons. The average Bonchev–Trinajstić information content (AvgIpc) is 2.73. The van der Waals surface area contributed by atoms with Crippen LogP contribution in [0.2, 0.25) is 0 Å². The molecular formula is C10H14N2O3. The maximum Gasteiger partial charge on any atom is 0.325 e. The minimum absolute atomic E-state index is 0.0554. The number of nitrogens with one attached hydrogen (secondary N) is 1. The molecule has 1 fully saturated rings. The van der Waals surface area contributed by atoms with E-state index in [0.717, 1.165) is 19.3 Å². The number of imidazole rings is 1. The first-order valence-electron chi connectivity index (χ1n) is 5.16. The van der Waals surface area contributed by atoms with Crippen LogP contribution in [-0.4, -0.2) is 20.6 Å². The van der Waals surface area contributed by atoms with Crippen LogP contribution in [0.1, 0.15) is 31.7 Å². The lowest BCUT2D eigenvalue weighted by Gasteiger charge is -2.18. The van der Waals surface area contributed by atoms with Crippen LogP contribution in [0.4, 0.5) is 0 Å². The molecule has 1 aromatic heterocycles. The number of hydrogen-bond acceptors (Lipinski definition) is 2. The lowest BCUT2D eigenvalue weighted by atomic mass is 9.99. The Balaban J connectivity index is 2.18. The van der Waals surface area contributed by atoms with Gasteiger partial charge < -0.3 is 10.1 Å². The fourth-order valence-corrected chi connectivity index (χ4v) is 2.44. The van der Waals surface area contributed by atoms with E-state index in [1.165, 1.54) is 0 Å². The fourth-order valence-electron chi connectivity index (χ4n) is 2.44. The van der Waals surface area contributed by atoms with E-state index in [4.69, 9.17) is 5.11 Å². The van der Waals surface area contributed by atoms with Gasteiger partial charge in [-0.1, -0.05) is 6.42 Å². The number of carboxylic acid groups (broad SMARTS) is 1. The zero-order chi connectivity index (χ0) is 10.8. The summed E-state index contributed by atoms with van der Waals surface area (Å²) in [5.74, 6) is -0.688. The van der Waals surface area contributed by atoms with Crippen molar-refractivity contribution < 1.29 is 9.90 Å². The van der Waals surface area contributed by atoms with Crippen molar-refractivity contribution in [2.45, 2.75) is 31.7 Å². The van der Waals surface area contributed by atoms with Gasteiger partial charge >= 0.3 is 11.7 Å². The van der Waals surface area contributed by atoms with E-state index in [0.29, 0.717) is 0 Å². The lowest BCUT2D eigenvalue weighted by Crippen LogP contribution is -2.25. The minimum atomic E-state index is -0.782.